The van der Waals surface area contributed by atoms with Crippen molar-refractivity contribution in [3.05, 3.63) is 23.1 Å². The largest absolute Gasteiger partial charge is 0.494 e. The number of likely N-dealkylation sites (tertiary alicyclic amines) is 2. The number of ether oxygens (including phenoxy) is 1. The van der Waals surface area contributed by atoms with Crippen molar-refractivity contribution in [2.75, 3.05) is 26.2 Å². The molecule has 0 saturated carbocycles. The summed E-state index contributed by atoms with van der Waals surface area (Å²) in [5.74, 6) is 2.15. The molecular weight excluding hydrogens is 320 g/mol. The number of rotatable bonds is 2. The van der Waals surface area contributed by atoms with Crippen LogP contribution in [0.3, 0.4) is 0 Å². The molecule has 3 atom stereocenters. The van der Waals surface area contributed by atoms with Gasteiger partial charge in [0, 0.05) is 43.6 Å². The van der Waals surface area contributed by atoms with E-state index in [9.17, 15) is 0 Å². The molecule has 0 amide bonds. The molecule has 0 N–H and O–H groups in total. The minimum absolute atomic E-state index is 0.454. The van der Waals surface area contributed by atoms with Gasteiger partial charge in [0.05, 0.1) is 5.76 Å². The molecule has 5 rings (SSSR count). The minimum atomic E-state index is 0.454. The van der Waals surface area contributed by atoms with Crippen LogP contribution in [-0.4, -0.2) is 48.1 Å². The Morgan fingerprint density at radius 3 is 2.42 bits per heavy atom. The van der Waals surface area contributed by atoms with E-state index in [1.807, 2.05) is 0 Å². The second-order valence-corrected chi connectivity index (χ2v) is 9.32. The Bertz CT molecular complexity index is 569. The van der Waals surface area contributed by atoms with E-state index in [1.165, 1.54) is 103 Å². The number of piperidine rings is 2. The fourth-order valence-corrected chi connectivity index (χ4v) is 6.07. The fourth-order valence-electron chi connectivity index (χ4n) is 6.07. The number of nitrogens with zero attached hydrogens (tertiary/aromatic N) is 2. The van der Waals surface area contributed by atoms with E-state index < -0.39 is 0 Å². The SMILES string of the molecule is C1=C(N2CCCCC2)CC2OC3=C(CCC(N4CCCCC4)C3)CC2C1. The first-order valence-corrected chi connectivity index (χ1v) is 11.4. The molecule has 144 valence electrons. The van der Waals surface area contributed by atoms with Gasteiger partial charge in [-0.25, -0.2) is 0 Å². The molecule has 3 unspecified atom stereocenters. The van der Waals surface area contributed by atoms with Gasteiger partial charge >= 0.3 is 0 Å². The van der Waals surface area contributed by atoms with Crippen molar-refractivity contribution in [3.63, 3.8) is 0 Å². The lowest BCUT2D eigenvalue weighted by Gasteiger charge is -2.45. The molecule has 0 aromatic carbocycles. The highest BCUT2D eigenvalue weighted by molar-refractivity contribution is 5.22. The van der Waals surface area contributed by atoms with Gasteiger partial charge in [0.2, 0.25) is 0 Å². The minimum Gasteiger partial charge on any atom is -0.494 e. The van der Waals surface area contributed by atoms with Gasteiger partial charge in [0.1, 0.15) is 6.10 Å². The Morgan fingerprint density at radius 2 is 1.62 bits per heavy atom. The smallest absolute Gasteiger partial charge is 0.107 e. The zero-order valence-corrected chi connectivity index (χ0v) is 16.4. The normalized spacial score (nSPS) is 36.1. The van der Waals surface area contributed by atoms with Crippen molar-refractivity contribution >= 4 is 0 Å². The summed E-state index contributed by atoms with van der Waals surface area (Å²) >= 11 is 0. The third-order valence-corrected chi connectivity index (χ3v) is 7.66. The van der Waals surface area contributed by atoms with Crippen molar-refractivity contribution in [3.8, 4) is 0 Å². The van der Waals surface area contributed by atoms with Gasteiger partial charge in [0.25, 0.3) is 0 Å². The summed E-state index contributed by atoms with van der Waals surface area (Å²) in [6.07, 6.45) is 19.0. The number of fused-ring (bicyclic) bond motifs is 1. The second-order valence-electron chi connectivity index (χ2n) is 9.32. The van der Waals surface area contributed by atoms with Gasteiger partial charge in [-0.3, -0.25) is 4.90 Å². The average Bonchev–Trinajstić information content (AvgIpc) is 2.73. The molecule has 3 heterocycles. The Balaban J connectivity index is 1.24. The van der Waals surface area contributed by atoms with Gasteiger partial charge in [0.15, 0.2) is 0 Å². The summed E-state index contributed by atoms with van der Waals surface area (Å²) in [7, 11) is 0. The molecular formula is C23H36N2O. The molecule has 0 radical (unpaired) electrons. The first kappa shape index (κ1) is 17.2. The quantitative estimate of drug-likeness (QED) is 0.703. The Morgan fingerprint density at radius 1 is 0.846 bits per heavy atom. The molecule has 3 nitrogen and oxygen atoms in total. The van der Waals surface area contributed by atoms with E-state index in [2.05, 4.69) is 15.9 Å². The van der Waals surface area contributed by atoms with E-state index in [4.69, 9.17) is 4.74 Å². The fraction of sp³-hybridized carbons (Fsp3) is 0.826. The van der Waals surface area contributed by atoms with Crippen LogP contribution in [-0.2, 0) is 4.74 Å². The van der Waals surface area contributed by atoms with Crippen LogP contribution in [0.15, 0.2) is 23.1 Å². The summed E-state index contributed by atoms with van der Waals surface area (Å²) in [6, 6.07) is 0.756. The third-order valence-electron chi connectivity index (χ3n) is 7.66. The summed E-state index contributed by atoms with van der Waals surface area (Å²) in [5, 5.41) is 0. The number of allylic oxidation sites excluding steroid dienone is 2. The van der Waals surface area contributed by atoms with Gasteiger partial charge < -0.3 is 9.64 Å². The summed E-state index contributed by atoms with van der Waals surface area (Å²) in [5.41, 5.74) is 3.27. The first-order chi connectivity index (χ1) is 12.9. The van der Waals surface area contributed by atoms with Crippen LogP contribution < -0.4 is 0 Å². The Hall–Kier alpha value is -0.960. The molecule has 2 aliphatic carbocycles. The lowest BCUT2D eigenvalue weighted by molar-refractivity contribution is 0.0104. The second kappa shape index (κ2) is 7.58. The highest BCUT2D eigenvalue weighted by atomic mass is 16.5. The molecule has 0 aromatic rings. The van der Waals surface area contributed by atoms with Crippen LogP contribution in [0.1, 0.15) is 77.0 Å². The van der Waals surface area contributed by atoms with Crippen LogP contribution in [0.2, 0.25) is 0 Å². The van der Waals surface area contributed by atoms with Crippen LogP contribution >= 0.6 is 0 Å². The van der Waals surface area contributed by atoms with Crippen LogP contribution in [0.5, 0.6) is 0 Å². The van der Waals surface area contributed by atoms with E-state index in [0.29, 0.717) is 6.10 Å². The molecule has 2 fully saturated rings. The lowest BCUT2D eigenvalue weighted by Crippen LogP contribution is -2.43. The summed E-state index contributed by atoms with van der Waals surface area (Å²) in [4.78, 5) is 5.42. The van der Waals surface area contributed by atoms with E-state index in [0.717, 1.165) is 18.4 Å². The monoisotopic (exact) mass is 356 g/mol. The molecule has 3 heteroatoms. The van der Waals surface area contributed by atoms with Crippen LogP contribution in [0.25, 0.3) is 0 Å². The molecule has 2 saturated heterocycles. The number of hydrogen-bond donors (Lipinski definition) is 0. The predicted octanol–water partition coefficient (Wildman–Crippen LogP) is 4.85. The Labute approximate surface area is 159 Å². The molecule has 3 aliphatic heterocycles. The van der Waals surface area contributed by atoms with Crippen molar-refractivity contribution in [2.45, 2.75) is 89.2 Å². The average molecular weight is 357 g/mol. The van der Waals surface area contributed by atoms with Gasteiger partial charge in [-0.05, 0) is 76.5 Å². The van der Waals surface area contributed by atoms with E-state index >= 15 is 0 Å². The molecule has 0 bridgehead atoms. The predicted molar refractivity (Wildman–Crippen MR) is 106 cm³/mol. The van der Waals surface area contributed by atoms with Crippen LogP contribution in [0, 0.1) is 5.92 Å². The van der Waals surface area contributed by atoms with Crippen molar-refractivity contribution in [1.29, 1.82) is 0 Å². The summed E-state index contributed by atoms with van der Waals surface area (Å²) in [6.45, 7) is 5.19. The van der Waals surface area contributed by atoms with Crippen LogP contribution in [0.4, 0.5) is 0 Å². The maximum absolute atomic E-state index is 6.72. The third kappa shape index (κ3) is 3.44. The highest BCUT2D eigenvalue weighted by Crippen LogP contribution is 2.44. The first-order valence-electron chi connectivity index (χ1n) is 11.4. The molecule has 0 spiro atoms. The van der Waals surface area contributed by atoms with Crippen molar-refractivity contribution in [2.24, 2.45) is 5.92 Å². The molecule has 0 aromatic heterocycles. The van der Waals surface area contributed by atoms with E-state index in [1.54, 1.807) is 11.3 Å². The lowest BCUT2D eigenvalue weighted by atomic mass is 9.78. The standard InChI is InChI=1S/C23H36N2O/c1-3-11-24(12-4-1)20-9-7-18-15-19-8-10-21(25-13-5-2-6-14-25)17-23(19)26-22(18)16-20/h9,18,21-22H,1-8,10-17H2. The van der Waals surface area contributed by atoms with Gasteiger partial charge in [-0.15, -0.1) is 0 Å². The highest BCUT2D eigenvalue weighted by Gasteiger charge is 2.38. The maximum atomic E-state index is 6.72. The van der Waals surface area contributed by atoms with Crippen molar-refractivity contribution < 1.29 is 4.74 Å². The maximum Gasteiger partial charge on any atom is 0.107 e. The summed E-state index contributed by atoms with van der Waals surface area (Å²) < 4.78 is 6.72. The molecule has 5 aliphatic rings. The zero-order chi connectivity index (χ0) is 17.3. The van der Waals surface area contributed by atoms with Gasteiger partial charge in [-0.2, -0.15) is 0 Å². The van der Waals surface area contributed by atoms with E-state index in [-0.39, 0.29) is 0 Å². The molecule has 26 heavy (non-hydrogen) atoms. The van der Waals surface area contributed by atoms with Crippen molar-refractivity contribution in [1.82, 2.24) is 9.80 Å². The Kier molecular flexibility index (Phi) is 5.00. The number of hydrogen-bond acceptors (Lipinski definition) is 3. The zero-order valence-electron chi connectivity index (χ0n) is 16.4. The van der Waals surface area contributed by atoms with Gasteiger partial charge in [-0.1, -0.05) is 12.5 Å². The topological polar surface area (TPSA) is 15.7 Å².